The van der Waals surface area contributed by atoms with Crippen molar-refractivity contribution in [2.45, 2.75) is 12.1 Å². The second-order valence-corrected chi connectivity index (χ2v) is 6.17. The summed E-state index contributed by atoms with van der Waals surface area (Å²) in [4.78, 5) is 0. The fourth-order valence-electron chi connectivity index (χ4n) is 2.28. The molecule has 0 saturated heterocycles. The van der Waals surface area contributed by atoms with Crippen LogP contribution in [0.2, 0.25) is 15.1 Å². The number of ether oxygens (including phenoxy) is 2. The summed E-state index contributed by atoms with van der Waals surface area (Å²) in [5.74, 6) is 1.19. The minimum atomic E-state index is -0.633. The van der Waals surface area contributed by atoms with E-state index in [-0.39, 0.29) is 0 Å². The van der Waals surface area contributed by atoms with Crippen molar-refractivity contribution in [2.75, 3.05) is 14.2 Å². The van der Waals surface area contributed by atoms with Crippen molar-refractivity contribution in [3.63, 3.8) is 0 Å². The molecule has 0 heterocycles. The number of nitrogens with two attached hydrogens (primary N) is 2. The first-order valence-corrected chi connectivity index (χ1v) is 7.90. The zero-order chi connectivity index (χ0) is 17.1. The number of benzene rings is 2. The number of halogens is 3. The second kappa shape index (κ2) is 7.60. The van der Waals surface area contributed by atoms with Gasteiger partial charge < -0.3 is 20.9 Å². The maximum Gasteiger partial charge on any atom is 0.121 e. The molecule has 0 aliphatic rings. The molecular formula is C16H17Cl3N2O2. The van der Waals surface area contributed by atoms with Crippen LogP contribution in [0.4, 0.5) is 0 Å². The zero-order valence-corrected chi connectivity index (χ0v) is 14.9. The molecule has 2 aromatic rings. The smallest absolute Gasteiger partial charge is 0.121 e. The van der Waals surface area contributed by atoms with Gasteiger partial charge in [0.15, 0.2) is 0 Å². The Balaban J connectivity index is 2.38. The summed E-state index contributed by atoms with van der Waals surface area (Å²) in [6.07, 6.45) is 0. The van der Waals surface area contributed by atoms with Gasteiger partial charge in [0, 0.05) is 10.6 Å². The van der Waals surface area contributed by atoms with Crippen molar-refractivity contribution in [3.05, 3.63) is 56.5 Å². The highest BCUT2D eigenvalue weighted by Gasteiger charge is 2.24. The molecule has 0 unspecified atom stereocenters. The van der Waals surface area contributed by atoms with E-state index in [0.717, 1.165) is 0 Å². The van der Waals surface area contributed by atoms with E-state index in [4.69, 9.17) is 55.7 Å². The van der Waals surface area contributed by atoms with E-state index in [2.05, 4.69) is 0 Å². The molecule has 4 nitrogen and oxygen atoms in total. The lowest BCUT2D eigenvalue weighted by molar-refractivity contribution is 0.414. The third kappa shape index (κ3) is 3.84. The van der Waals surface area contributed by atoms with Crippen LogP contribution in [0, 0.1) is 0 Å². The first kappa shape index (κ1) is 18.2. The Morgan fingerprint density at radius 2 is 1.30 bits per heavy atom. The van der Waals surface area contributed by atoms with Gasteiger partial charge in [-0.2, -0.15) is 0 Å². The molecule has 0 aliphatic heterocycles. The van der Waals surface area contributed by atoms with E-state index in [1.54, 1.807) is 37.4 Å². The molecule has 0 aromatic heterocycles. The average molecular weight is 376 g/mol. The Bertz CT molecular complexity index is 687. The second-order valence-electron chi connectivity index (χ2n) is 4.94. The van der Waals surface area contributed by atoms with Gasteiger partial charge in [-0.25, -0.2) is 0 Å². The van der Waals surface area contributed by atoms with Crippen LogP contribution in [-0.2, 0) is 0 Å². The first-order chi connectivity index (χ1) is 10.9. The molecule has 0 spiro atoms. The van der Waals surface area contributed by atoms with Crippen LogP contribution in [0.1, 0.15) is 23.2 Å². The van der Waals surface area contributed by atoms with Gasteiger partial charge in [-0.1, -0.05) is 40.9 Å². The molecule has 4 N–H and O–H groups in total. The van der Waals surface area contributed by atoms with Gasteiger partial charge >= 0.3 is 0 Å². The Kier molecular flexibility index (Phi) is 6.00. The van der Waals surface area contributed by atoms with E-state index >= 15 is 0 Å². The van der Waals surface area contributed by atoms with Gasteiger partial charge in [0.1, 0.15) is 11.5 Å². The summed E-state index contributed by atoms with van der Waals surface area (Å²) in [6.45, 7) is 0. The monoisotopic (exact) mass is 374 g/mol. The van der Waals surface area contributed by atoms with Crippen LogP contribution in [0.5, 0.6) is 11.5 Å². The topological polar surface area (TPSA) is 70.5 Å². The van der Waals surface area contributed by atoms with Crippen LogP contribution in [-0.4, -0.2) is 14.2 Å². The van der Waals surface area contributed by atoms with E-state index in [9.17, 15) is 0 Å². The standard InChI is InChI=1S/C16H17Cl3N2O2/c1-22-8-3-4-10(11(17)5-8)15(20)16(21)14-12(18)6-9(23-2)7-13(14)19/h3-7,15-16H,20-21H2,1-2H3/t15-,16+/m1/s1. The molecule has 124 valence electrons. The van der Waals surface area contributed by atoms with Crippen LogP contribution in [0.15, 0.2) is 30.3 Å². The van der Waals surface area contributed by atoms with Crippen LogP contribution < -0.4 is 20.9 Å². The molecule has 0 aliphatic carbocycles. The summed E-state index contributed by atoms with van der Waals surface area (Å²) in [5.41, 5.74) is 13.8. The molecule has 2 atom stereocenters. The highest BCUT2D eigenvalue weighted by molar-refractivity contribution is 6.36. The van der Waals surface area contributed by atoms with Crippen molar-refractivity contribution in [1.29, 1.82) is 0 Å². The average Bonchev–Trinajstić information content (AvgIpc) is 2.53. The summed E-state index contributed by atoms with van der Waals surface area (Å²) in [7, 11) is 3.10. The molecule has 0 saturated carbocycles. The van der Waals surface area contributed by atoms with Gasteiger partial charge in [-0.15, -0.1) is 0 Å². The maximum atomic E-state index is 6.28. The molecule has 2 aromatic carbocycles. The highest BCUT2D eigenvalue weighted by Crippen LogP contribution is 2.39. The van der Waals surface area contributed by atoms with Crippen LogP contribution >= 0.6 is 34.8 Å². The minimum Gasteiger partial charge on any atom is -0.497 e. The first-order valence-electron chi connectivity index (χ1n) is 6.76. The van der Waals surface area contributed by atoms with Gasteiger partial charge in [0.05, 0.1) is 36.3 Å². The van der Waals surface area contributed by atoms with E-state index in [1.807, 2.05) is 0 Å². The highest BCUT2D eigenvalue weighted by atomic mass is 35.5. The van der Waals surface area contributed by atoms with E-state index in [0.29, 0.717) is 37.7 Å². The lowest BCUT2D eigenvalue weighted by Gasteiger charge is -2.24. The summed E-state index contributed by atoms with van der Waals surface area (Å²) in [5, 5.41) is 1.25. The molecule has 2 rings (SSSR count). The van der Waals surface area contributed by atoms with Gasteiger partial charge in [-0.3, -0.25) is 0 Å². The number of hydrogen-bond acceptors (Lipinski definition) is 4. The number of hydrogen-bond donors (Lipinski definition) is 2. The quantitative estimate of drug-likeness (QED) is 0.814. The van der Waals surface area contributed by atoms with Crippen molar-refractivity contribution in [2.24, 2.45) is 11.5 Å². The molecule has 0 bridgehead atoms. The Morgan fingerprint density at radius 3 is 1.78 bits per heavy atom. The van der Waals surface area contributed by atoms with Crippen molar-refractivity contribution < 1.29 is 9.47 Å². The molecular weight excluding hydrogens is 359 g/mol. The van der Waals surface area contributed by atoms with Crippen LogP contribution in [0.3, 0.4) is 0 Å². The SMILES string of the molecule is COc1ccc([C@@H](N)[C@@H](N)c2c(Cl)cc(OC)cc2Cl)c(Cl)c1. The Morgan fingerprint density at radius 1 is 0.783 bits per heavy atom. The maximum absolute atomic E-state index is 6.28. The summed E-state index contributed by atoms with van der Waals surface area (Å²) < 4.78 is 10.3. The summed E-state index contributed by atoms with van der Waals surface area (Å²) >= 11 is 18.8. The number of rotatable bonds is 5. The predicted molar refractivity (Wildman–Crippen MR) is 94.9 cm³/mol. The van der Waals surface area contributed by atoms with Gasteiger partial charge in [0.25, 0.3) is 0 Å². The van der Waals surface area contributed by atoms with Crippen LogP contribution in [0.25, 0.3) is 0 Å². The molecule has 0 fully saturated rings. The molecule has 7 heteroatoms. The van der Waals surface area contributed by atoms with Crippen molar-refractivity contribution >= 4 is 34.8 Å². The predicted octanol–water partition coefficient (Wildman–Crippen LogP) is 4.36. The normalized spacial score (nSPS) is 13.5. The third-order valence-corrected chi connectivity index (χ3v) is 4.53. The largest absolute Gasteiger partial charge is 0.497 e. The van der Waals surface area contributed by atoms with E-state index in [1.165, 1.54) is 7.11 Å². The molecule has 0 radical (unpaired) electrons. The fraction of sp³-hybridized carbons (Fsp3) is 0.250. The Labute approximate surface area is 150 Å². The lowest BCUT2D eigenvalue weighted by atomic mass is 9.94. The van der Waals surface area contributed by atoms with Gasteiger partial charge in [-0.05, 0) is 29.8 Å². The third-order valence-electron chi connectivity index (χ3n) is 3.58. The molecule has 0 amide bonds. The Hall–Kier alpha value is -1.17. The zero-order valence-electron chi connectivity index (χ0n) is 12.6. The fourth-order valence-corrected chi connectivity index (χ4v) is 3.29. The van der Waals surface area contributed by atoms with Crippen molar-refractivity contribution in [3.8, 4) is 11.5 Å². The molecule has 23 heavy (non-hydrogen) atoms. The number of methoxy groups -OCH3 is 2. The van der Waals surface area contributed by atoms with Gasteiger partial charge in [0.2, 0.25) is 0 Å². The minimum absolute atomic E-state index is 0.391. The lowest BCUT2D eigenvalue weighted by Crippen LogP contribution is -2.27. The van der Waals surface area contributed by atoms with Crippen molar-refractivity contribution in [1.82, 2.24) is 0 Å². The van der Waals surface area contributed by atoms with E-state index < -0.39 is 12.1 Å². The summed E-state index contributed by atoms with van der Waals surface area (Å²) in [6, 6.07) is 7.29.